The predicted octanol–water partition coefficient (Wildman–Crippen LogP) is 4.85. The third kappa shape index (κ3) is 4.86. The lowest BCUT2D eigenvalue weighted by molar-refractivity contribution is -0.122. The summed E-state index contributed by atoms with van der Waals surface area (Å²) in [6, 6.07) is 18.8. The van der Waals surface area contributed by atoms with E-state index in [1.807, 2.05) is 73.8 Å². The number of nitrogens with one attached hydrogen (secondary N) is 1. The van der Waals surface area contributed by atoms with Gasteiger partial charge in [-0.15, -0.1) is 0 Å². The van der Waals surface area contributed by atoms with Crippen molar-refractivity contribution < 1.29 is 14.1 Å². The summed E-state index contributed by atoms with van der Waals surface area (Å²) in [6.07, 6.45) is 1.81. The van der Waals surface area contributed by atoms with E-state index in [9.17, 15) is 4.79 Å². The number of hydrogen-bond donors (Lipinski definition) is 1. The number of benzene rings is 2. The van der Waals surface area contributed by atoms with Gasteiger partial charge in [-0.2, -0.15) is 4.98 Å². The summed E-state index contributed by atoms with van der Waals surface area (Å²) in [5, 5.41) is 7.08. The van der Waals surface area contributed by atoms with Crippen LogP contribution in [0.3, 0.4) is 0 Å². The van der Waals surface area contributed by atoms with Crippen LogP contribution in [0.2, 0.25) is 0 Å². The van der Waals surface area contributed by atoms with Crippen LogP contribution in [0.15, 0.2) is 75.9 Å². The van der Waals surface area contributed by atoms with E-state index >= 15 is 0 Å². The number of hydrogen-bond acceptors (Lipinski definition) is 5. The summed E-state index contributed by atoms with van der Waals surface area (Å²) in [7, 11) is 1.62. The minimum atomic E-state index is -0.158. The summed E-state index contributed by atoms with van der Waals surface area (Å²) in [5.74, 6) is 1.48. The molecule has 0 aliphatic rings. The van der Waals surface area contributed by atoms with Crippen molar-refractivity contribution in [1.29, 1.82) is 0 Å². The Bertz CT molecular complexity index is 1180. The van der Waals surface area contributed by atoms with Crippen LogP contribution in [0.5, 0.6) is 5.75 Å². The molecule has 8 heteroatoms. The van der Waals surface area contributed by atoms with Crippen LogP contribution < -0.4 is 10.1 Å². The lowest BCUT2D eigenvalue weighted by Crippen LogP contribution is -2.30. The second-order valence-corrected chi connectivity index (χ2v) is 7.93. The van der Waals surface area contributed by atoms with E-state index in [2.05, 4.69) is 31.4 Å². The largest absolute Gasteiger partial charge is 0.497 e. The molecule has 2 aromatic carbocycles. The number of rotatable bonds is 7. The standard InChI is InChI=1S/C23H21BrN4O3/c1-15(17-5-3-6-19(13-17)30-2)25-21(29)14-28-12-4-7-20(28)23-26-22(27-31-23)16-8-10-18(24)11-9-16/h3-13,15H,14H2,1-2H3,(H,25,29)/t15-/m1/s1. The van der Waals surface area contributed by atoms with Crippen LogP contribution in [0.1, 0.15) is 18.5 Å². The van der Waals surface area contributed by atoms with Gasteiger partial charge in [0.15, 0.2) is 0 Å². The first-order valence-corrected chi connectivity index (χ1v) is 10.5. The quantitative estimate of drug-likeness (QED) is 0.408. The zero-order valence-corrected chi connectivity index (χ0v) is 18.7. The van der Waals surface area contributed by atoms with E-state index < -0.39 is 0 Å². The predicted molar refractivity (Wildman–Crippen MR) is 120 cm³/mol. The Hall–Kier alpha value is -3.39. The molecule has 1 atom stereocenters. The van der Waals surface area contributed by atoms with Crippen molar-refractivity contribution >= 4 is 21.8 Å². The Morgan fingerprint density at radius 3 is 2.77 bits per heavy atom. The molecule has 0 saturated carbocycles. The topological polar surface area (TPSA) is 82.2 Å². The van der Waals surface area contributed by atoms with Crippen molar-refractivity contribution in [2.75, 3.05) is 7.11 Å². The fraction of sp³-hybridized carbons (Fsp3) is 0.174. The first kappa shape index (κ1) is 20.9. The molecule has 0 radical (unpaired) electrons. The van der Waals surface area contributed by atoms with E-state index in [-0.39, 0.29) is 18.5 Å². The van der Waals surface area contributed by atoms with Crippen LogP contribution in [-0.4, -0.2) is 27.7 Å². The molecule has 2 aromatic heterocycles. The Kier molecular flexibility index (Phi) is 6.18. The molecule has 31 heavy (non-hydrogen) atoms. The lowest BCUT2D eigenvalue weighted by Gasteiger charge is -2.16. The normalized spacial score (nSPS) is 11.8. The highest BCUT2D eigenvalue weighted by Gasteiger charge is 2.17. The molecule has 4 rings (SSSR count). The average molecular weight is 481 g/mol. The van der Waals surface area contributed by atoms with E-state index in [1.165, 1.54) is 0 Å². The SMILES string of the molecule is COc1cccc([C@@H](C)NC(=O)Cn2cccc2-c2nc(-c3ccc(Br)cc3)no2)c1. The Labute approximate surface area is 188 Å². The summed E-state index contributed by atoms with van der Waals surface area (Å²) in [4.78, 5) is 17.1. The molecule has 0 aliphatic carbocycles. The molecule has 1 amide bonds. The second-order valence-electron chi connectivity index (χ2n) is 7.02. The van der Waals surface area contributed by atoms with Crippen molar-refractivity contribution in [3.8, 4) is 28.7 Å². The molecule has 7 nitrogen and oxygen atoms in total. The van der Waals surface area contributed by atoms with Gasteiger partial charge in [-0.3, -0.25) is 4.79 Å². The van der Waals surface area contributed by atoms with E-state index in [1.54, 1.807) is 11.7 Å². The molecule has 0 saturated heterocycles. The van der Waals surface area contributed by atoms with Crippen molar-refractivity contribution in [3.05, 3.63) is 76.9 Å². The fourth-order valence-electron chi connectivity index (χ4n) is 3.23. The molecule has 158 valence electrons. The third-order valence-corrected chi connectivity index (χ3v) is 5.39. The van der Waals surface area contributed by atoms with Gasteiger partial charge in [-0.05, 0) is 61.0 Å². The number of ether oxygens (including phenoxy) is 1. The van der Waals surface area contributed by atoms with Gasteiger partial charge in [-0.1, -0.05) is 33.2 Å². The van der Waals surface area contributed by atoms with Crippen LogP contribution in [0.25, 0.3) is 23.0 Å². The first-order chi connectivity index (χ1) is 15.0. The van der Waals surface area contributed by atoms with Gasteiger partial charge in [0.1, 0.15) is 18.0 Å². The molecule has 0 fully saturated rings. The summed E-state index contributed by atoms with van der Waals surface area (Å²) < 4.78 is 13.5. The number of methoxy groups -OCH3 is 1. The van der Waals surface area contributed by atoms with Gasteiger partial charge >= 0.3 is 0 Å². The number of carbonyl (C=O) groups excluding carboxylic acids is 1. The number of amides is 1. The molecular formula is C23H21BrN4O3. The van der Waals surface area contributed by atoms with Crippen LogP contribution in [-0.2, 0) is 11.3 Å². The fourth-order valence-corrected chi connectivity index (χ4v) is 3.49. The monoisotopic (exact) mass is 480 g/mol. The van der Waals surface area contributed by atoms with Gasteiger partial charge in [0.25, 0.3) is 5.89 Å². The van der Waals surface area contributed by atoms with Gasteiger partial charge in [0.05, 0.1) is 13.2 Å². The minimum Gasteiger partial charge on any atom is -0.497 e. The number of halogens is 1. The van der Waals surface area contributed by atoms with E-state index in [4.69, 9.17) is 9.26 Å². The highest BCUT2D eigenvalue weighted by molar-refractivity contribution is 9.10. The highest BCUT2D eigenvalue weighted by atomic mass is 79.9. The van der Waals surface area contributed by atoms with Gasteiger partial charge in [-0.25, -0.2) is 0 Å². The average Bonchev–Trinajstić information content (AvgIpc) is 3.43. The Morgan fingerprint density at radius 1 is 1.19 bits per heavy atom. The number of aromatic nitrogens is 3. The number of nitrogens with zero attached hydrogens (tertiary/aromatic N) is 3. The maximum atomic E-state index is 12.7. The zero-order chi connectivity index (χ0) is 21.8. The summed E-state index contributed by atoms with van der Waals surface area (Å²) in [6.45, 7) is 2.07. The molecule has 0 bridgehead atoms. The zero-order valence-electron chi connectivity index (χ0n) is 17.1. The molecule has 0 aliphatic heterocycles. The van der Waals surface area contributed by atoms with E-state index in [0.29, 0.717) is 17.4 Å². The van der Waals surface area contributed by atoms with E-state index in [0.717, 1.165) is 21.3 Å². The highest BCUT2D eigenvalue weighted by Crippen LogP contribution is 2.24. The molecule has 4 aromatic rings. The summed E-state index contributed by atoms with van der Waals surface area (Å²) >= 11 is 3.41. The lowest BCUT2D eigenvalue weighted by atomic mass is 10.1. The number of carbonyl (C=O) groups is 1. The Balaban J connectivity index is 1.46. The molecule has 1 N–H and O–H groups in total. The van der Waals surface area contributed by atoms with Crippen molar-refractivity contribution in [2.24, 2.45) is 0 Å². The maximum Gasteiger partial charge on any atom is 0.274 e. The molecule has 2 heterocycles. The van der Waals surface area contributed by atoms with Crippen LogP contribution >= 0.6 is 15.9 Å². The smallest absolute Gasteiger partial charge is 0.274 e. The van der Waals surface area contributed by atoms with Crippen LogP contribution in [0.4, 0.5) is 0 Å². The van der Waals surface area contributed by atoms with Gasteiger partial charge in [0.2, 0.25) is 11.7 Å². The first-order valence-electron chi connectivity index (χ1n) is 9.72. The minimum absolute atomic E-state index is 0.125. The van der Waals surface area contributed by atoms with Crippen molar-refractivity contribution in [1.82, 2.24) is 20.0 Å². The van der Waals surface area contributed by atoms with Gasteiger partial charge < -0.3 is 19.1 Å². The van der Waals surface area contributed by atoms with Crippen molar-refractivity contribution in [3.63, 3.8) is 0 Å². The van der Waals surface area contributed by atoms with Gasteiger partial charge in [0, 0.05) is 16.2 Å². The molecular weight excluding hydrogens is 460 g/mol. The molecule has 0 spiro atoms. The summed E-state index contributed by atoms with van der Waals surface area (Å²) in [5.41, 5.74) is 2.50. The second kappa shape index (κ2) is 9.18. The third-order valence-electron chi connectivity index (χ3n) is 4.86. The maximum absolute atomic E-state index is 12.7. The van der Waals surface area contributed by atoms with Crippen LogP contribution in [0, 0.1) is 0 Å². The molecule has 0 unspecified atom stereocenters. The Morgan fingerprint density at radius 2 is 2.00 bits per heavy atom. The van der Waals surface area contributed by atoms with Crippen molar-refractivity contribution in [2.45, 2.75) is 19.5 Å².